The molecule has 3 aliphatic rings. The molecule has 6 atom stereocenters. The standard InChI is InChI=1S/C18H25N3O4S/c1-9-14-13(10(2)22)17(23)21(14)15(18(24)25)16(9)26-12-7-11(20-8-12)5-4-6-19-3/h9-14,19-20,22H,6-8H2,1-3H3,(H,24,25)/t9-,10-,11-,12+,13-,14-/m1/s1. The van der Waals surface area contributed by atoms with E-state index in [2.05, 4.69) is 22.5 Å². The van der Waals surface area contributed by atoms with Crippen LogP contribution in [0.3, 0.4) is 0 Å². The van der Waals surface area contributed by atoms with Crippen LogP contribution in [0, 0.1) is 23.7 Å². The van der Waals surface area contributed by atoms with Gasteiger partial charge in [-0.3, -0.25) is 4.79 Å². The smallest absolute Gasteiger partial charge is 0.353 e. The lowest BCUT2D eigenvalue weighted by Gasteiger charge is -2.46. The predicted octanol–water partition coefficient (Wildman–Crippen LogP) is -0.173. The molecule has 2 saturated heterocycles. The Morgan fingerprint density at radius 3 is 2.88 bits per heavy atom. The van der Waals surface area contributed by atoms with Crippen LogP contribution in [0.1, 0.15) is 20.3 Å². The monoisotopic (exact) mass is 379 g/mol. The van der Waals surface area contributed by atoms with E-state index in [-0.39, 0.29) is 34.9 Å². The number of fused-ring (bicyclic) bond motifs is 1. The van der Waals surface area contributed by atoms with E-state index in [1.165, 1.54) is 4.90 Å². The molecule has 3 heterocycles. The van der Waals surface area contributed by atoms with Gasteiger partial charge in [-0.2, -0.15) is 0 Å². The minimum atomic E-state index is -1.07. The number of β-lactam (4-membered cyclic amide) rings is 1. The molecule has 0 unspecified atom stereocenters. The third kappa shape index (κ3) is 3.25. The Labute approximate surface area is 157 Å². The maximum atomic E-state index is 12.3. The van der Waals surface area contributed by atoms with Crippen LogP contribution in [-0.2, 0) is 9.59 Å². The lowest BCUT2D eigenvalue weighted by molar-refractivity contribution is -0.163. The van der Waals surface area contributed by atoms with Gasteiger partial charge in [-0.05, 0) is 20.4 Å². The molecule has 3 aliphatic heterocycles. The van der Waals surface area contributed by atoms with Gasteiger partial charge in [-0.25, -0.2) is 4.79 Å². The van der Waals surface area contributed by atoms with Crippen LogP contribution >= 0.6 is 11.8 Å². The maximum Gasteiger partial charge on any atom is 0.353 e. The molecule has 26 heavy (non-hydrogen) atoms. The zero-order valence-electron chi connectivity index (χ0n) is 15.2. The second kappa shape index (κ2) is 7.61. The number of carboxylic acids is 1. The third-order valence-corrected chi connectivity index (χ3v) is 6.75. The topological polar surface area (TPSA) is 102 Å². The molecule has 0 aliphatic carbocycles. The van der Waals surface area contributed by atoms with E-state index in [4.69, 9.17) is 0 Å². The zero-order chi connectivity index (χ0) is 19.0. The first-order valence-electron chi connectivity index (χ1n) is 8.88. The van der Waals surface area contributed by atoms with Gasteiger partial charge < -0.3 is 25.7 Å². The fourth-order valence-electron chi connectivity index (χ4n) is 4.02. The molecule has 0 bridgehead atoms. The molecule has 1 amide bonds. The number of thioether (sulfide) groups is 1. The summed E-state index contributed by atoms with van der Waals surface area (Å²) in [6, 6.07) is -0.146. The van der Waals surface area contributed by atoms with Gasteiger partial charge in [0.25, 0.3) is 0 Å². The Bertz CT molecular complexity index is 696. The van der Waals surface area contributed by atoms with E-state index in [0.29, 0.717) is 6.54 Å². The molecular weight excluding hydrogens is 354 g/mol. The molecular formula is C18H25N3O4S. The van der Waals surface area contributed by atoms with E-state index < -0.39 is 18.0 Å². The number of carboxylic acid groups (broad SMARTS) is 1. The number of amides is 1. The van der Waals surface area contributed by atoms with Gasteiger partial charge in [-0.15, -0.1) is 11.8 Å². The average Bonchev–Trinajstić information content (AvgIpc) is 3.10. The van der Waals surface area contributed by atoms with Gasteiger partial charge in [0.15, 0.2) is 0 Å². The fraction of sp³-hybridized carbons (Fsp3) is 0.667. The van der Waals surface area contributed by atoms with Crippen molar-refractivity contribution in [1.82, 2.24) is 15.5 Å². The summed E-state index contributed by atoms with van der Waals surface area (Å²) in [5, 5.41) is 26.1. The highest BCUT2D eigenvalue weighted by molar-refractivity contribution is 8.03. The van der Waals surface area contributed by atoms with Crippen molar-refractivity contribution in [3.05, 3.63) is 10.6 Å². The quantitative estimate of drug-likeness (QED) is 0.388. The van der Waals surface area contributed by atoms with Crippen molar-refractivity contribution in [1.29, 1.82) is 0 Å². The van der Waals surface area contributed by atoms with Crippen molar-refractivity contribution in [2.24, 2.45) is 11.8 Å². The number of carbonyl (C=O) groups is 2. The molecule has 0 spiro atoms. The van der Waals surface area contributed by atoms with Crippen molar-refractivity contribution in [3.8, 4) is 11.8 Å². The molecule has 0 aromatic heterocycles. The second-order valence-electron chi connectivity index (χ2n) is 7.06. The number of carbonyl (C=O) groups excluding carboxylic acids is 1. The number of hydrogen-bond donors (Lipinski definition) is 4. The minimum Gasteiger partial charge on any atom is -0.477 e. The summed E-state index contributed by atoms with van der Waals surface area (Å²) in [6.07, 6.45) is 0.0636. The van der Waals surface area contributed by atoms with Crippen LogP contribution in [0.5, 0.6) is 0 Å². The number of aliphatic hydroxyl groups is 1. The SMILES string of the molecule is CNCC#C[C@@H]1C[C@H](SC2=C(C(=O)O)N3C(=O)[C@H]([C@@H](C)O)[C@H]3[C@H]2C)CN1. The first-order chi connectivity index (χ1) is 12.4. The molecule has 3 rings (SSSR count). The number of aliphatic hydroxyl groups excluding tert-OH is 1. The third-order valence-electron chi connectivity index (χ3n) is 5.24. The van der Waals surface area contributed by atoms with Gasteiger partial charge in [0.05, 0.1) is 30.7 Å². The van der Waals surface area contributed by atoms with Crippen LogP contribution in [0.15, 0.2) is 10.6 Å². The molecule has 0 saturated carbocycles. The van der Waals surface area contributed by atoms with Gasteiger partial charge >= 0.3 is 5.97 Å². The van der Waals surface area contributed by atoms with Gasteiger partial charge in [0.1, 0.15) is 5.70 Å². The molecule has 4 N–H and O–H groups in total. The first-order valence-corrected chi connectivity index (χ1v) is 9.76. The summed E-state index contributed by atoms with van der Waals surface area (Å²) in [6.45, 7) is 4.93. The second-order valence-corrected chi connectivity index (χ2v) is 8.40. The molecule has 0 aromatic rings. The van der Waals surface area contributed by atoms with E-state index in [1.807, 2.05) is 14.0 Å². The Morgan fingerprint density at radius 2 is 2.27 bits per heavy atom. The number of hydrogen-bond acceptors (Lipinski definition) is 6. The zero-order valence-corrected chi connectivity index (χ0v) is 16.0. The Kier molecular flexibility index (Phi) is 5.63. The van der Waals surface area contributed by atoms with Crippen LogP contribution in [0.4, 0.5) is 0 Å². The van der Waals surface area contributed by atoms with E-state index in [0.717, 1.165) is 17.9 Å². The van der Waals surface area contributed by atoms with E-state index >= 15 is 0 Å². The van der Waals surface area contributed by atoms with Crippen molar-refractivity contribution >= 4 is 23.6 Å². The summed E-state index contributed by atoms with van der Waals surface area (Å²) < 4.78 is 0. The fourth-order valence-corrected chi connectivity index (χ4v) is 5.50. The Balaban J connectivity index is 1.74. The van der Waals surface area contributed by atoms with E-state index in [1.54, 1.807) is 18.7 Å². The summed E-state index contributed by atoms with van der Waals surface area (Å²) in [7, 11) is 1.85. The van der Waals surface area contributed by atoms with Crippen LogP contribution in [-0.4, -0.2) is 70.6 Å². The van der Waals surface area contributed by atoms with E-state index in [9.17, 15) is 19.8 Å². The van der Waals surface area contributed by atoms with Gasteiger partial charge in [0, 0.05) is 22.6 Å². The largest absolute Gasteiger partial charge is 0.477 e. The summed E-state index contributed by atoms with van der Waals surface area (Å²) in [4.78, 5) is 26.3. The summed E-state index contributed by atoms with van der Waals surface area (Å²) >= 11 is 1.54. The predicted molar refractivity (Wildman–Crippen MR) is 99.1 cm³/mol. The highest BCUT2D eigenvalue weighted by atomic mass is 32.2. The molecule has 7 nitrogen and oxygen atoms in total. The molecule has 0 radical (unpaired) electrons. The number of rotatable bonds is 5. The van der Waals surface area contributed by atoms with Crippen LogP contribution in [0.2, 0.25) is 0 Å². The van der Waals surface area contributed by atoms with Crippen LogP contribution in [0.25, 0.3) is 0 Å². The van der Waals surface area contributed by atoms with Crippen LogP contribution < -0.4 is 10.6 Å². The van der Waals surface area contributed by atoms with Crippen molar-refractivity contribution < 1.29 is 19.8 Å². The van der Waals surface area contributed by atoms with Gasteiger partial charge in [0.2, 0.25) is 5.91 Å². The number of nitrogens with zero attached hydrogens (tertiary/aromatic N) is 1. The molecule has 142 valence electrons. The summed E-state index contributed by atoms with van der Waals surface area (Å²) in [5.41, 5.74) is 0.0964. The highest BCUT2D eigenvalue weighted by Crippen LogP contribution is 2.51. The Hall–Kier alpha value is -1.53. The van der Waals surface area contributed by atoms with Gasteiger partial charge in [-0.1, -0.05) is 18.8 Å². The minimum absolute atomic E-state index is 0.0853. The number of aliphatic carboxylic acids is 1. The lowest BCUT2D eigenvalue weighted by atomic mass is 9.79. The maximum absolute atomic E-state index is 12.3. The van der Waals surface area contributed by atoms with Crippen molar-refractivity contribution in [2.75, 3.05) is 20.1 Å². The van der Waals surface area contributed by atoms with Crippen molar-refractivity contribution in [2.45, 2.75) is 43.7 Å². The lowest BCUT2D eigenvalue weighted by Crippen LogP contribution is -2.63. The van der Waals surface area contributed by atoms with Crippen molar-refractivity contribution in [3.63, 3.8) is 0 Å². The molecule has 2 fully saturated rings. The highest BCUT2D eigenvalue weighted by Gasteiger charge is 2.60. The average molecular weight is 379 g/mol. The number of nitrogens with one attached hydrogen (secondary N) is 2. The molecule has 8 heteroatoms. The Morgan fingerprint density at radius 1 is 1.54 bits per heavy atom. The first kappa shape index (κ1) is 19.2. The summed E-state index contributed by atoms with van der Waals surface area (Å²) in [5.74, 6) is 4.27. The molecule has 0 aromatic carbocycles. The normalized spacial score (nSPS) is 34.2.